The molecule has 0 aliphatic carbocycles. The summed E-state index contributed by atoms with van der Waals surface area (Å²) in [5.74, 6) is -0.0171. The highest BCUT2D eigenvalue weighted by molar-refractivity contribution is 5.76. The van der Waals surface area contributed by atoms with Crippen LogP contribution in [0.2, 0.25) is 0 Å². The second-order valence-corrected chi connectivity index (χ2v) is 27.4. The fourth-order valence-electron chi connectivity index (χ4n) is 12.7. The number of allylic oxidation sites excluding steroid dienone is 4. The molecule has 0 rings (SSSR count). The zero-order valence-corrected chi connectivity index (χ0v) is 58.6. The summed E-state index contributed by atoms with van der Waals surface area (Å²) in [7, 11) is 0. The van der Waals surface area contributed by atoms with Crippen LogP contribution in [0.15, 0.2) is 24.3 Å². The first-order valence-corrected chi connectivity index (χ1v) is 39.6. The molecule has 2 unspecified atom stereocenters. The molecule has 86 heavy (non-hydrogen) atoms. The topological polar surface area (TPSA) is 95.9 Å². The number of carbonyl (C=O) groups is 2. The molecule has 0 bridgehead atoms. The number of esters is 1. The lowest BCUT2D eigenvalue weighted by atomic mass is 10.0. The van der Waals surface area contributed by atoms with E-state index in [0.29, 0.717) is 25.9 Å². The molecule has 0 fully saturated rings. The molecule has 6 heteroatoms. The summed E-state index contributed by atoms with van der Waals surface area (Å²) in [4.78, 5) is 24.7. The van der Waals surface area contributed by atoms with Gasteiger partial charge in [-0.2, -0.15) is 0 Å². The van der Waals surface area contributed by atoms with Crippen molar-refractivity contribution in [2.75, 3.05) is 13.2 Å². The predicted octanol–water partition coefficient (Wildman–Crippen LogP) is 26.0. The minimum absolute atomic E-state index is 0.00819. The van der Waals surface area contributed by atoms with Crippen LogP contribution in [0.4, 0.5) is 0 Å². The van der Waals surface area contributed by atoms with Crippen LogP contribution in [0.3, 0.4) is 0 Å². The second-order valence-electron chi connectivity index (χ2n) is 27.4. The van der Waals surface area contributed by atoms with Crippen LogP contribution in [0.25, 0.3) is 0 Å². The molecule has 3 N–H and O–H groups in total. The van der Waals surface area contributed by atoms with E-state index in [1.807, 2.05) is 0 Å². The van der Waals surface area contributed by atoms with Crippen molar-refractivity contribution in [1.29, 1.82) is 0 Å². The van der Waals surface area contributed by atoms with Gasteiger partial charge >= 0.3 is 5.97 Å². The number of hydrogen-bond acceptors (Lipinski definition) is 5. The van der Waals surface area contributed by atoms with Gasteiger partial charge in [-0.15, -0.1) is 0 Å². The fraction of sp³-hybridized carbons (Fsp3) is 0.925. The smallest absolute Gasteiger partial charge is 0.305 e. The van der Waals surface area contributed by atoms with Crippen molar-refractivity contribution < 1.29 is 24.5 Å². The lowest BCUT2D eigenvalue weighted by Crippen LogP contribution is -2.45. The molecule has 0 saturated carbocycles. The van der Waals surface area contributed by atoms with Gasteiger partial charge in [-0.05, 0) is 57.8 Å². The number of nitrogens with one attached hydrogen (secondary N) is 1. The Morgan fingerprint density at radius 1 is 0.326 bits per heavy atom. The number of rotatable bonds is 75. The maximum atomic E-state index is 12.6. The van der Waals surface area contributed by atoms with Crippen molar-refractivity contribution in [3.05, 3.63) is 24.3 Å². The summed E-state index contributed by atoms with van der Waals surface area (Å²) in [6.07, 6.45) is 96.9. The highest BCUT2D eigenvalue weighted by atomic mass is 16.5. The van der Waals surface area contributed by atoms with Crippen LogP contribution in [0, 0.1) is 0 Å². The largest absolute Gasteiger partial charge is 0.466 e. The molecule has 1 amide bonds. The third-order valence-electron chi connectivity index (χ3n) is 18.8. The number of unbranched alkanes of at least 4 members (excludes halogenated alkanes) is 60. The first-order chi connectivity index (χ1) is 42.5. The van der Waals surface area contributed by atoms with E-state index in [2.05, 4.69) is 43.5 Å². The number of amides is 1. The molecule has 0 spiro atoms. The van der Waals surface area contributed by atoms with Gasteiger partial charge in [0.05, 0.1) is 25.4 Å². The number of carbonyl (C=O) groups excluding carboxylic acids is 2. The number of hydrogen-bond donors (Lipinski definition) is 3. The molecule has 0 saturated heterocycles. The van der Waals surface area contributed by atoms with Gasteiger partial charge in [-0.1, -0.05) is 404 Å². The maximum Gasteiger partial charge on any atom is 0.305 e. The molecule has 6 nitrogen and oxygen atoms in total. The monoisotopic (exact) mass is 1210 g/mol. The molecule has 0 heterocycles. The molecular formula is C80H155NO5. The molecule has 0 aromatic carbocycles. The van der Waals surface area contributed by atoms with E-state index in [0.717, 1.165) is 51.4 Å². The van der Waals surface area contributed by atoms with Crippen LogP contribution in [0.5, 0.6) is 0 Å². The number of ether oxygens (including phenoxy) is 1. The molecule has 510 valence electrons. The molecule has 2 atom stereocenters. The molecule has 0 aromatic heterocycles. The van der Waals surface area contributed by atoms with Gasteiger partial charge in [-0.3, -0.25) is 9.59 Å². The number of aliphatic hydroxyl groups is 2. The fourth-order valence-corrected chi connectivity index (χ4v) is 12.7. The minimum Gasteiger partial charge on any atom is -0.466 e. The van der Waals surface area contributed by atoms with Crippen molar-refractivity contribution in [3.8, 4) is 0 Å². The second kappa shape index (κ2) is 75.8. The summed E-state index contributed by atoms with van der Waals surface area (Å²) in [5.41, 5.74) is 0. The Kier molecular flexibility index (Phi) is 74.3. The van der Waals surface area contributed by atoms with E-state index in [1.165, 1.54) is 366 Å². The molecule has 0 aliphatic heterocycles. The van der Waals surface area contributed by atoms with Gasteiger partial charge in [0.2, 0.25) is 5.91 Å². The summed E-state index contributed by atoms with van der Waals surface area (Å²) in [5, 5.41) is 23.5. The van der Waals surface area contributed by atoms with Gasteiger partial charge in [0.15, 0.2) is 0 Å². The van der Waals surface area contributed by atoms with Gasteiger partial charge in [0, 0.05) is 12.8 Å². The zero-order valence-electron chi connectivity index (χ0n) is 58.6. The summed E-state index contributed by atoms with van der Waals surface area (Å²) in [6, 6.07) is -0.539. The molecule has 0 aliphatic rings. The van der Waals surface area contributed by atoms with Crippen LogP contribution in [-0.4, -0.2) is 47.4 Å². The van der Waals surface area contributed by atoms with E-state index < -0.39 is 12.1 Å². The Bertz CT molecular complexity index is 1350. The van der Waals surface area contributed by atoms with Crippen LogP contribution in [-0.2, 0) is 14.3 Å². The average Bonchev–Trinajstić information content (AvgIpc) is 3.54. The normalized spacial score (nSPS) is 12.6. The molecule has 0 aromatic rings. The first-order valence-electron chi connectivity index (χ1n) is 39.6. The van der Waals surface area contributed by atoms with Crippen LogP contribution < -0.4 is 5.32 Å². The van der Waals surface area contributed by atoms with E-state index in [4.69, 9.17) is 4.74 Å². The van der Waals surface area contributed by atoms with Crippen LogP contribution in [0.1, 0.15) is 450 Å². The van der Waals surface area contributed by atoms with E-state index in [9.17, 15) is 19.8 Å². The standard InChI is InChI=1S/C80H155NO5/c1-3-5-7-9-11-13-15-17-19-21-22-23-35-38-41-44-48-52-56-60-64-68-72-78(83)77(76-82)81-79(84)73-69-65-61-57-53-49-45-42-39-36-33-31-29-27-25-24-26-28-30-32-34-37-40-43-47-51-55-59-63-67-71-75-86-80(85)74-70-66-62-58-54-50-46-20-18-16-14-12-10-8-6-4-2/h14,16,20,46,77-78,82-83H,3-13,15,17-19,21-45,47-76H2,1-2H3,(H,81,84)/b16-14-,46-20-. The Hall–Kier alpha value is -1.66. The van der Waals surface area contributed by atoms with Gasteiger partial charge in [0.25, 0.3) is 0 Å². The quantitative estimate of drug-likeness (QED) is 0.0320. The Balaban J connectivity index is 3.33. The maximum absolute atomic E-state index is 12.6. The Morgan fingerprint density at radius 2 is 0.581 bits per heavy atom. The summed E-state index contributed by atoms with van der Waals surface area (Å²) >= 11 is 0. The third kappa shape index (κ3) is 71.4. The minimum atomic E-state index is -0.662. The lowest BCUT2D eigenvalue weighted by Gasteiger charge is -2.22. The van der Waals surface area contributed by atoms with Crippen molar-refractivity contribution >= 4 is 11.9 Å². The van der Waals surface area contributed by atoms with E-state index in [1.54, 1.807) is 0 Å². The van der Waals surface area contributed by atoms with Crippen molar-refractivity contribution in [2.24, 2.45) is 0 Å². The predicted molar refractivity (Wildman–Crippen MR) is 380 cm³/mol. The lowest BCUT2D eigenvalue weighted by molar-refractivity contribution is -0.143. The van der Waals surface area contributed by atoms with Crippen LogP contribution >= 0.6 is 0 Å². The Labute approximate surface area is 539 Å². The highest BCUT2D eigenvalue weighted by Crippen LogP contribution is 2.20. The third-order valence-corrected chi connectivity index (χ3v) is 18.8. The average molecular weight is 1210 g/mol. The first kappa shape index (κ1) is 84.3. The van der Waals surface area contributed by atoms with Crippen molar-refractivity contribution in [2.45, 2.75) is 463 Å². The van der Waals surface area contributed by atoms with Gasteiger partial charge in [-0.25, -0.2) is 0 Å². The summed E-state index contributed by atoms with van der Waals surface area (Å²) in [6.45, 7) is 4.98. The highest BCUT2D eigenvalue weighted by Gasteiger charge is 2.20. The molecule has 0 radical (unpaired) electrons. The van der Waals surface area contributed by atoms with E-state index in [-0.39, 0.29) is 18.5 Å². The Morgan fingerprint density at radius 3 is 0.895 bits per heavy atom. The van der Waals surface area contributed by atoms with E-state index >= 15 is 0 Å². The zero-order chi connectivity index (χ0) is 62.0. The summed E-state index contributed by atoms with van der Waals surface area (Å²) < 4.78 is 5.50. The number of aliphatic hydroxyl groups excluding tert-OH is 2. The van der Waals surface area contributed by atoms with Crippen molar-refractivity contribution in [3.63, 3.8) is 0 Å². The van der Waals surface area contributed by atoms with Crippen molar-refractivity contribution in [1.82, 2.24) is 5.32 Å². The SMILES string of the molecule is CCCCCC/C=C\C/C=C\CCCCCCCC(=O)OCCCCCCCCCCCCCCCCCCCCCCCCCCCCCCCCCC(=O)NC(CO)C(O)CCCCCCCCCCCCCCCCCCCCCCCC. The van der Waals surface area contributed by atoms with Gasteiger partial charge in [0.1, 0.15) is 0 Å². The molecular weight excluding hydrogens is 1050 g/mol. The van der Waals surface area contributed by atoms with Gasteiger partial charge < -0.3 is 20.3 Å².